The van der Waals surface area contributed by atoms with E-state index in [4.69, 9.17) is 55.9 Å². The first-order valence-corrected chi connectivity index (χ1v) is 7.14. The SMILES string of the molecule is COC1(OC)C2(Cl)C(Cl)=C(Cl)C1(Cl)C1C(=O)NC(=O)C12. The Hall–Kier alpha value is -0.0400. The van der Waals surface area contributed by atoms with E-state index in [9.17, 15) is 9.59 Å². The van der Waals surface area contributed by atoms with E-state index in [1.807, 2.05) is 0 Å². The first kappa shape index (κ1) is 14.9. The van der Waals surface area contributed by atoms with E-state index in [-0.39, 0.29) is 10.1 Å². The molecule has 5 nitrogen and oxygen atoms in total. The molecule has 20 heavy (non-hydrogen) atoms. The molecule has 4 unspecified atom stereocenters. The van der Waals surface area contributed by atoms with Crippen molar-refractivity contribution in [3.8, 4) is 0 Å². The van der Waals surface area contributed by atoms with Gasteiger partial charge in [-0.1, -0.05) is 23.2 Å². The molecule has 3 rings (SSSR count). The number of carbonyl (C=O) groups excluding carboxylic acids is 2. The molecule has 0 aromatic carbocycles. The Morgan fingerprint density at radius 1 is 0.950 bits per heavy atom. The summed E-state index contributed by atoms with van der Waals surface area (Å²) >= 11 is 25.6. The number of amides is 2. The van der Waals surface area contributed by atoms with E-state index in [0.29, 0.717) is 0 Å². The van der Waals surface area contributed by atoms with Gasteiger partial charge in [-0.15, -0.1) is 23.2 Å². The van der Waals surface area contributed by atoms with Crippen LogP contribution in [-0.2, 0) is 19.1 Å². The van der Waals surface area contributed by atoms with Gasteiger partial charge in [-0.05, 0) is 0 Å². The number of rotatable bonds is 2. The topological polar surface area (TPSA) is 64.6 Å². The minimum atomic E-state index is -1.71. The fraction of sp³-hybridized carbons (Fsp3) is 0.636. The number of hydrogen-bond acceptors (Lipinski definition) is 4. The number of alkyl halides is 2. The highest BCUT2D eigenvalue weighted by atomic mass is 35.5. The first-order chi connectivity index (χ1) is 9.24. The number of methoxy groups -OCH3 is 2. The van der Waals surface area contributed by atoms with Crippen LogP contribution in [0.1, 0.15) is 0 Å². The molecule has 0 radical (unpaired) electrons. The average Bonchev–Trinajstić information content (AvgIpc) is 2.85. The molecule has 2 bridgehead atoms. The Morgan fingerprint density at radius 3 is 1.60 bits per heavy atom. The highest BCUT2D eigenvalue weighted by Gasteiger charge is 2.88. The lowest BCUT2D eigenvalue weighted by atomic mass is 9.84. The first-order valence-electron chi connectivity index (χ1n) is 5.63. The third kappa shape index (κ3) is 1.12. The molecule has 1 saturated carbocycles. The quantitative estimate of drug-likeness (QED) is 0.461. The number of fused-ring (bicyclic) bond motifs is 5. The minimum Gasteiger partial charge on any atom is -0.350 e. The maximum absolute atomic E-state index is 12.1. The van der Waals surface area contributed by atoms with E-state index in [1.54, 1.807) is 0 Å². The van der Waals surface area contributed by atoms with Crippen molar-refractivity contribution in [3.63, 3.8) is 0 Å². The van der Waals surface area contributed by atoms with Crippen molar-refractivity contribution >= 4 is 58.2 Å². The number of hydrogen-bond donors (Lipinski definition) is 1. The minimum absolute atomic E-state index is 0.0365. The van der Waals surface area contributed by atoms with Crippen molar-refractivity contribution in [2.45, 2.75) is 15.5 Å². The Bertz CT molecular complexity index is 531. The lowest BCUT2D eigenvalue weighted by Gasteiger charge is -2.41. The predicted octanol–water partition coefficient (Wildman–Crippen LogP) is 1.54. The van der Waals surface area contributed by atoms with Crippen molar-refractivity contribution in [2.75, 3.05) is 14.2 Å². The van der Waals surface area contributed by atoms with E-state index < -0.39 is 39.2 Å². The zero-order valence-corrected chi connectivity index (χ0v) is 13.3. The molecule has 2 amide bonds. The molecule has 2 aliphatic carbocycles. The molecule has 0 spiro atoms. The zero-order valence-electron chi connectivity index (χ0n) is 10.3. The van der Waals surface area contributed by atoms with Gasteiger partial charge in [0, 0.05) is 14.2 Å². The maximum Gasteiger partial charge on any atom is 0.232 e. The molecule has 1 aliphatic heterocycles. The maximum atomic E-state index is 12.1. The van der Waals surface area contributed by atoms with Crippen LogP contribution in [0, 0.1) is 11.8 Å². The molecule has 0 aromatic rings. The van der Waals surface area contributed by atoms with E-state index in [1.165, 1.54) is 14.2 Å². The van der Waals surface area contributed by atoms with Gasteiger partial charge in [0.2, 0.25) is 17.6 Å². The van der Waals surface area contributed by atoms with Gasteiger partial charge in [0.15, 0.2) is 0 Å². The Morgan fingerprint density at radius 2 is 1.30 bits per heavy atom. The van der Waals surface area contributed by atoms with Crippen molar-refractivity contribution in [1.82, 2.24) is 5.32 Å². The summed E-state index contributed by atoms with van der Waals surface area (Å²) in [5.41, 5.74) is 0. The van der Waals surface area contributed by atoms with Gasteiger partial charge < -0.3 is 9.47 Å². The molecule has 4 atom stereocenters. The van der Waals surface area contributed by atoms with Crippen LogP contribution in [0.4, 0.5) is 0 Å². The van der Waals surface area contributed by atoms with Gasteiger partial charge in [0.05, 0.1) is 21.9 Å². The van der Waals surface area contributed by atoms with Crippen LogP contribution in [0.25, 0.3) is 0 Å². The Balaban J connectivity index is 2.37. The molecular weight excluding hydrogens is 352 g/mol. The van der Waals surface area contributed by atoms with Crippen molar-refractivity contribution in [1.29, 1.82) is 0 Å². The second-order valence-corrected chi connectivity index (χ2v) is 6.83. The smallest absolute Gasteiger partial charge is 0.232 e. The molecular formula is C11H9Cl4NO4. The van der Waals surface area contributed by atoms with Gasteiger partial charge in [0.25, 0.3) is 0 Å². The summed E-state index contributed by atoms with van der Waals surface area (Å²) in [7, 11) is 2.61. The second-order valence-electron chi connectivity index (χ2n) is 4.89. The molecule has 1 N–H and O–H groups in total. The highest BCUT2D eigenvalue weighted by Crippen LogP contribution is 2.74. The van der Waals surface area contributed by atoms with E-state index in [0.717, 1.165) is 0 Å². The van der Waals surface area contributed by atoms with Gasteiger partial charge in [-0.25, -0.2) is 0 Å². The number of ether oxygens (including phenoxy) is 2. The van der Waals surface area contributed by atoms with Crippen LogP contribution in [0.2, 0.25) is 0 Å². The fourth-order valence-electron chi connectivity index (χ4n) is 3.63. The van der Waals surface area contributed by atoms with E-state index >= 15 is 0 Å². The van der Waals surface area contributed by atoms with Crippen LogP contribution in [0.3, 0.4) is 0 Å². The van der Waals surface area contributed by atoms with Gasteiger partial charge in [0.1, 0.15) is 9.75 Å². The summed E-state index contributed by atoms with van der Waals surface area (Å²) in [6.07, 6.45) is 0. The lowest BCUT2D eigenvalue weighted by Crippen LogP contribution is -2.59. The molecule has 9 heteroatoms. The monoisotopic (exact) mass is 359 g/mol. The molecule has 1 heterocycles. The Kier molecular flexibility index (Phi) is 3.00. The van der Waals surface area contributed by atoms with Crippen LogP contribution >= 0.6 is 46.4 Å². The standard InChI is InChI=1S/C11H9Cl4NO4/c1-19-11(20-2)9(14)3-4(8(18)16-7(3)17)10(11,15)6(13)5(9)12/h3-4H,1-2H3,(H,16,17,18). The van der Waals surface area contributed by atoms with Crippen molar-refractivity contribution in [3.05, 3.63) is 10.1 Å². The number of carbonyl (C=O) groups is 2. The van der Waals surface area contributed by atoms with Gasteiger partial charge in [-0.3, -0.25) is 14.9 Å². The summed E-state index contributed by atoms with van der Waals surface area (Å²) < 4.78 is 10.8. The molecule has 3 aliphatic rings. The lowest BCUT2D eigenvalue weighted by molar-refractivity contribution is -0.221. The molecule has 2 fully saturated rings. The summed E-state index contributed by atoms with van der Waals surface area (Å²) in [4.78, 5) is 20.8. The largest absolute Gasteiger partial charge is 0.350 e. The van der Waals surface area contributed by atoms with Crippen molar-refractivity contribution < 1.29 is 19.1 Å². The number of imide groups is 1. The molecule has 1 saturated heterocycles. The number of nitrogens with one attached hydrogen (secondary N) is 1. The highest BCUT2D eigenvalue weighted by molar-refractivity contribution is 6.53. The van der Waals surface area contributed by atoms with Crippen LogP contribution in [-0.4, -0.2) is 41.6 Å². The van der Waals surface area contributed by atoms with E-state index in [2.05, 4.69) is 5.32 Å². The third-order valence-corrected chi connectivity index (χ3v) is 6.98. The predicted molar refractivity (Wildman–Crippen MR) is 72.8 cm³/mol. The Labute approximate surface area is 134 Å². The third-order valence-electron chi connectivity index (χ3n) is 4.37. The second kappa shape index (κ2) is 4.03. The zero-order chi connectivity index (χ0) is 15.1. The summed E-state index contributed by atoms with van der Waals surface area (Å²) in [6, 6.07) is 0. The van der Waals surface area contributed by atoms with Crippen molar-refractivity contribution in [2.24, 2.45) is 11.8 Å². The summed E-state index contributed by atoms with van der Waals surface area (Å²) in [5.74, 6) is -4.87. The summed E-state index contributed by atoms with van der Waals surface area (Å²) in [5, 5.41) is 2.12. The van der Waals surface area contributed by atoms with Crippen LogP contribution in [0.15, 0.2) is 10.1 Å². The van der Waals surface area contributed by atoms with Crippen LogP contribution in [0.5, 0.6) is 0 Å². The normalized spacial score (nSPS) is 45.1. The molecule has 110 valence electrons. The number of halogens is 4. The van der Waals surface area contributed by atoms with Gasteiger partial charge >= 0.3 is 0 Å². The van der Waals surface area contributed by atoms with Crippen LogP contribution < -0.4 is 5.32 Å². The van der Waals surface area contributed by atoms with Gasteiger partial charge in [-0.2, -0.15) is 0 Å². The fourth-order valence-corrected chi connectivity index (χ4v) is 5.81. The molecule has 0 aromatic heterocycles. The summed E-state index contributed by atoms with van der Waals surface area (Å²) in [6.45, 7) is 0. The average molecular weight is 361 g/mol.